The maximum Gasteiger partial charge on any atom is 0.131 e. The van der Waals surface area contributed by atoms with E-state index in [-0.39, 0.29) is 0 Å². The lowest BCUT2D eigenvalue weighted by atomic mass is 9.89. The van der Waals surface area contributed by atoms with E-state index in [4.69, 9.17) is 11.6 Å². The Morgan fingerprint density at radius 3 is 3.00 bits per heavy atom. The van der Waals surface area contributed by atoms with Crippen LogP contribution in [0.1, 0.15) is 25.7 Å². The maximum absolute atomic E-state index is 5.85. The molecule has 2 bridgehead atoms. The summed E-state index contributed by atoms with van der Waals surface area (Å²) in [6.07, 6.45) is 7.59. The van der Waals surface area contributed by atoms with Crippen LogP contribution in [0.4, 0.5) is 5.69 Å². The average Bonchev–Trinajstić information content (AvgIpc) is 2.88. The van der Waals surface area contributed by atoms with Gasteiger partial charge in [-0.2, -0.15) is 0 Å². The predicted octanol–water partition coefficient (Wildman–Crippen LogP) is 3.58. The largest absolute Gasteiger partial charge is 0.385 e. The zero-order valence-corrected chi connectivity index (χ0v) is 10.1. The number of nitrogens with zero attached hydrogens (tertiary/aromatic N) is 1. The molecule has 3 atom stereocenters. The number of anilines is 1. The normalized spacial score (nSPS) is 31.9. The summed E-state index contributed by atoms with van der Waals surface area (Å²) in [5, 5.41) is 4.06. The van der Waals surface area contributed by atoms with Crippen molar-refractivity contribution in [3.05, 3.63) is 23.5 Å². The first-order valence-electron chi connectivity index (χ1n) is 6.16. The molecule has 2 nitrogen and oxygen atoms in total. The van der Waals surface area contributed by atoms with Crippen LogP contribution in [0, 0.1) is 17.8 Å². The van der Waals surface area contributed by atoms with Crippen LogP contribution in [-0.4, -0.2) is 11.5 Å². The first-order chi connectivity index (χ1) is 7.81. The van der Waals surface area contributed by atoms with E-state index < -0.39 is 0 Å². The van der Waals surface area contributed by atoms with Gasteiger partial charge < -0.3 is 5.32 Å². The molecular weight excluding hydrogens is 220 g/mol. The summed E-state index contributed by atoms with van der Waals surface area (Å²) < 4.78 is 0. The highest BCUT2D eigenvalue weighted by molar-refractivity contribution is 6.29. The van der Waals surface area contributed by atoms with Crippen LogP contribution >= 0.6 is 11.6 Å². The molecule has 0 amide bonds. The fourth-order valence-electron chi connectivity index (χ4n) is 3.39. The first kappa shape index (κ1) is 10.4. The lowest BCUT2D eigenvalue weighted by Gasteiger charge is -2.22. The molecule has 86 valence electrons. The third-order valence-corrected chi connectivity index (χ3v) is 4.39. The summed E-state index contributed by atoms with van der Waals surface area (Å²) in [7, 11) is 0. The third kappa shape index (κ3) is 2.03. The molecule has 1 N–H and O–H groups in total. The van der Waals surface area contributed by atoms with Gasteiger partial charge in [0.2, 0.25) is 0 Å². The van der Waals surface area contributed by atoms with E-state index in [2.05, 4.69) is 10.3 Å². The monoisotopic (exact) mass is 236 g/mol. The zero-order valence-electron chi connectivity index (χ0n) is 9.32. The van der Waals surface area contributed by atoms with Crippen LogP contribution in [-0.2, 0) is 0 Å². The number of aromatic nitrogens is 1. The molecule has 2 fully saturated rings. The van der Waals surface area contributed by atoms with E-state index in [1.165, 1.54) is 25.7 Å². The van der Waals surface area contributed by atoms with Crippen molar-refractivity contribution in [2.45, 2.75) is 25.7 Å². The molecule has 0 radical (unpaired) electrons. The summed E-state index contributed by atoms with van der Waals surface area (Å²) in [6.45, 7) is 1.10. The van der Waals surface area contributed by atoms with Crippen LogP contribution in [0.15, 0.2) is 18.3 Å². The number of fused-ring (bicyclic) bond motifs is 2. The Kier molecular flexibility index (Phi) is 2.76. The topological polar surface area (TPSA) is 24.9 Å². The van der Waals surface area contributed by atoms with Crippen molar-refractivity contribution in [1.29, 1.82) is 0 Å². The fourth-order valence-corrected chi connectivity index (χ4v) is 3.56. The van der Waals surface area contributed by atoms with E-state index in [1.807, 2.05) is 12.1 Å². The van der Waals surface area contributed by atoms with Gasteiger partial charge in [0, 0.05) is 18.4 Å². The Labute approximate surface area is 101 Å². The molecule has 16 heavy (non-hydrogen) atoms. The maximum atomic E-state index is 5.85. The van der Waals surface area contributed by atoms with Gasteiger partial charge in [-0.15, -0.1) is 0 Å². The van der Waals surface area contributed by atoms with E-state index >= 15 is 0 Å². The molecule has 2 saturated carbocycles. The summed E-state index contributed by atoms with van der Waals surface area (Å²) in [5.74, 6) is 2.89. The highest BCUT2D eigenvalue weighted by Crippen LogP contribution is 2.48. The van der Waals surface area contributed by atoms with Gasteiger partial charge in [-0.05, 0) is 49.1 Å². The van der Waals surface area contributed by atoms with Crippen molar-refractivity contribution >= 4 is 17.3 Å². The molecule has 1 heterocycles. The van der Waals surface area contributed by atoms with Crippen LogP contribution in [0.2, 0.25) is 5.15 Å². The van der Waals surface area contributed by atoms with Crippen molar-refractivity contribution < 1.29 is 0 Å². The van der Waals surface area contributed by atoms with Gasteiger partial charge in [0.1, 0.15) is 5.15 Å². The van der Waals surface area contributed by atoms with Crippen LogP contribution in [0.3, 0.4) is 0 Å². The van der Waals surface area contributed by atoms with E-state index in [1.54, 1.807) is 6.20 Å². The average molecular weight is 237 g/mol. The molecule has 3 rings (SSSR count). The highest BCUT2D eigenvalue weighted by Gasteiger charge is 2.38. The smallest absolute Gasteiger partial charge is 0.131 e. The molecule has 3 unspecified atom stereocenters. The molecule has 2 aliphatic rings. The quantitative estimate of drug-likeness (QED) is 0.812. The van der Waals surface area contributed by atoms with Crippen molar-refractivity contribution in [2.24, 2.45) is 17.8 Å². The second-order valence-electron chi connectivity index (χ2n) is 5.18. The second-order valence-corrected chi connectivity index (χ2v) is 5.57. The Balaban J connectivity index is 1.57. The number of rotatable bonds is 3. The Morgan fingerprint density at radius 2 is 2.31 bits per heavy atom. The summed E-state index contributed by atoms with van der Waals surface area (Å²) in [4.78, 5) is 3.98. The Hall–Kier alpha value is -0.760. The fraction of sp³-hybridized carbons (Fsp3) is 0.615. The summed E-state index contributed by atoms with van der Waals surface area (Å²) in [5.41, 5.74) is 1.10. The van der Waals surface area contributed by atoms with Crippen LogP contribution < -0.4 is 5.32 Å². The second kappa shape index (κ2) is 4.25. The minimum absolute atomic E-state index is 0.568. The van der Waals surface area contributed by atoms with Gasteiger partial charge in [-0.1, -0.05) is 18.0 Å². The highest BCUT2D eigenvalue weighted by atomic mass is 35.5. The lowest BCUT2D eigenvalue weighted by molar-refractivity contribution is 0.348. The van der Waals surface area contributed by atoms with Gasteiger partial charge in [0.05, 0.1) is 0 Å². The van der Waals surface area contributed by atoms with Gasteiger partial charge >= 0.3 is 0 Å². The zero-order chi connectivity index (χ0) is 11.0. The molecule has 2 aliphatic carbocycles. The molecule has 0 aliphatic heterocycles. The first-order valence-corrected chi connectivity index (χ1v) is 6.54. The number of pyridine rings is 1. The lowest BCUT2D eigenvalue weighted by Crippen LogP contribution is -2.20. The van der Waals surface area contributed by atoms with Gasteiger partial charge in [0.15, 0.2) is 0 Å². The van der Waals surface area contributed by atoms with Gasteiger partial charge in [0.25, 0.3) is 0 Å². The van der Waals surface area contributed by atoms with Crippen LogP contribution in [0.25, 0.3) is 0 Å². The van der Waals surface area contributed by atoms with Crippen molar-refractivity contribution in [3.8, 4) is 0 Å². The molecule has 0 spiro atoms. The molecule has 0 aromatic carbocycles. The minimum Gasteiger partial charge on any atom is -0.385 e. The van der Waals surface area contributed by atoms with E-state index in [0.29, 0.717) is 5.15 Å². The van der Waals surface area contributed by atoms with E-state index in [9.17, 15) is 0 Å². The standard InChI is InChI=1S/C13H17ClN2/c14-13-7-12(3-4-15-13)16-8-11-6-9-1-2-10(11)5-9/h3-4,7,9-11H,1-2,5-6,8H2,(H,15,16). The van der Waals surface area contributed by atoms with Gasteiger partial charge in [-0.25, -0.2) is 4.98 Å². The molecule has 1 aromatic rings. The van der Waals surface area contributed by atoms with Crippen LogP contribution in [0.5, 0.6) is 0 Å². The van der Waals surface area contributed by atoms with Gasteiger partial charge in [-0.3, -0.25) is 0 Å². The molecule has 0 saturated heterocycles. The number of hydrogen-bond donors (Lipinski definition) is 1. The molecule has 3 heteroatoms. The van der Waals surface area contributed by atoms with Crippen molar-refractivity contribution in [1.82, 2.24) is 4.98 Å². The Morgan fingerprint density at radius 1 is 1.38 bits per heavy atom. The summed E-state index contributed by atoms with van der Waals surface area (Å²) >= 11 is 5.85. The van der Waals surface area contributed by atoms with E-state index in [0.717, 1.165) is 30.0 Å². The predicted molar refractivity (Wildman–Crippen MR) is 66.7 cm³/mol. The number of nitrogens with one attached hydrogen (secondary N) is 1. The molecular formula is C13H17ClN2. The Bertz CT molecular complexity index is 380. The minimum atomic E-state index is 0.568. The summed E-state index contributed by atoms with van der Waals surface area (Å²) in [6, 6.07) is 3.88. The molecule has 1 aromatic heterocycles. The number of hydrogen-bond acceptors (Lipinski definition) is 2. The SMILES string of the molecule is Clc1cc(NCC2CC3CCC2C3)ccn1. The van der Waals surface area contributed by atoms with Crippen molar-refractivity contribution in [2.75, 3.05) is 11.9 Å². The number of halogens is 1. The van der Waals surface area contributed by atoms with Crippen molar-refractivity contribution in [3.63, 3.8) is 0 Å². The third-order valence-electron chi connectivity index (χ3n) is 4.18.